The molecule has 0 aliphatic heterocycles. The maximum absolute atomic E-state index is 12.2. The van der Waals surface area contributed by atoms with Gasteiger partial charge in [0.15, 0.2) is 0 Å². The van der Waals surface area contributed by atoms with Crippen LogP contribution in [0, 0.1) is 6.92 Å². The number of amides is 1. The first-order chi connectivity index (χ1) is 12.3. The third-order valence-corrected chi connectivity index (χ3v) is 6.07. The van der Waals surface area contributed by atoms with Crippen molar-refractivity contribution >= 4 is 33.4 Å². The molecule has 0 saturated heterocycles. The van der Waals surface area contributed by atoms with E-state index in [-0.39, 0.29) is 5.91 Å². The summed E-state index contributed by atoms with van der Waals surface area (Å²) in [5.74, 6) is 0.619. The maximum atomic E-state index is 12.2. The van der Waals surface area contributed by atoms with Crippen LogP contribution in [0.25, 0.3) is 0 Å². The van der Waals surface area contributed by atoms with Crippen LogP contribution in [0.1, 0.15) is 22.8 Å². The van der Waals surface area contributed by atoms with Gasteiger partial charge in [-0.15, -0.1) is 11.8 Å². The largest absolute Gasteiger partial charge is 0.351 e. The van der Waals surface area contributed by atoms with Crippen molar-refractivity contribution < 1.29 is 13.2 Å². The van der Waals surface area contributed by atoms with Crippen LogP contribution in [-0.2, 0) is 10.0 Å². The summed E-state index contributed by atoms with van der Waals surface area (Å²) >= 11 is 1.69. The number of hydrogen-bond acceptors (Lipinski definition) is 4. The molecule has 0 bridgehead atoms. The summed E-state index contributed by atoms with van der Waals surface area (Å²) in [5.41, 5.74) is 2.30. The van der Waals surface area contributed by atoms with E-state index in [1.54, 1.807) is 43.0 Å². The quantitative estimate of drug-likeness (QED) is 0.553. The molecular weight excluding hydrogens is 368 g/mol. The zero-order valence-corrected chi connectivity index (χ0v) is 16.9. The Morgan fingerprint density at radius 2 is 1.69 bits per heavy atom. The van der Waals surface area contributed by atoms with Crippen LogP contribution in [0.2, 0.25) is 0 Å². The molecule has 0 atom stereocenters. The van der Waals surface area contributed by atoms with Crippen molar-refractivity contribution in [1.29, 1.82) is 0 Å². The number of nitrogens with zero attached hydrogens (tertiary/aromatic N) is 1. The lowest BCUT2D eigenvalue weighted by atomic mass is 10.2. The standard InChI is InChI=1S/C19H24N2O3S2/c1-4-21(26(3,23)24)17-9-7-16(8-10-17)19(22)20-13-14-25-18-11-5-15(2)6-12-18/h5-12H,4,13-14H2,1-3H3,(H,20,22). The van der Waals surface area contributed by atoms with Crippen molar-refractivity contribution in [1.82, 2.24) is 5.32 Å². The molecule has 0 aromatic heterocycles. The van der Waals surface area contributed by atoms with E-state index in [1.807, 2.05) is 0 Å². The van der Waals surface area contributed by atoms with Crippen LogP contribution in [0.5, 0.6) is 0 Å². The Morgan fingerprint density at radius 3 is 2.23 bits per heavy atom. The monoisotopic (exact) mass is 392 g/mol. The molecule has 2 rings (SSSR count). The van der Waals surface area contributed by atoms with Crippen molar-refractivity contribution in [3.05, 3.63) is 59.7 Å². The maximum Gasteiger partial charge on any atom is 0.251 e. The highest BCUT2D eigenvalue weighted by Gasteiger charge is 2.15. The molecule has 0 saturated carbocycles. The van der Waals surface area contributed by atoms with Gasteiger partial charge in [-0.2, -0.15) is 0 Å². The highest BCUT2D eigenvalue weighted by atomic mass is 32.2. The van der Waals surface area contributed by atoms with E-state index in [4.69, 9.17) is 0 Å². The van der Waals surface area contributed by atoms with Crippen LogP contribution < -0.4 is 9.62 Å². The third kappa shape index (κ3) is 5.78. The fourth-order valence-electron chi connectivity index (χ4n) is 2.46. The van der Waals surface area contributed by atoms with E-state index in [1.165, 1.54) is 21.0 Å². The Kier molecular flexibility index (Phi) is 7.11. The van der Waals surface area contributed by atoms with Gasteiger partial charge in [0.25, 0.3) is 5.91 Å². The Labute approximate surface area is 159 Å². The molecule has 0 spiro atoms. The number of carbonyl (C=O) groups is 1. The predicted octanol–water partition coefficient (Wildman–Crippen LogP) is 3.30. The van der Waals surface area contributed by atoms with Gasteiger partial charge in [-0.25, -0.2) is 8.42 Å². The molecule has 26 heavy (non-hydrogen) atoms. The van der Waals surface area contributed by atoms with Gasteiger partial charge in [0, 0.05) is 29.3 Å². The summed E-state index contributed by atoms with van der Waals surface area (Å²) in [7, 11) is -3.32. The Hall–Kier alpha value is -1.99. The lowest BCUT2D eigenvalue weighted by molar-refractivity contribution is 0.0956. The number of benzene rings is 2. The van der Waals surface area contributed by atoms with Crippen LogP contribution in [0.15, 0.2) is 53.4 Å². The molecule has 0 heterocycles. The van der Waals surface area contributed by atoms with Gasteiger partial charge >= 0.3 is 0 Å². The normalized spacial score (nSPS) is 11.2. The van der Waals surface area contributed by atoms with Crippen LogP contribution in [0.3, 0.4) is 0 Å². The van der Waals surface area contributed by atoms with Crippen molar-refractivity contribution in [2.45, 2.75) is 18.7 Å². The molecule has 0 aliphatic rings. The minimum Gasteiger partial charge on any atom is -0.351 e. The highest BCUT2D eigenvalue weighted by molar-refractivity contribution is 7.99. The first-order valence-corrected chi connectivity index (χ1v) is 11.2. The van der Waals surface area contributed by atoms with E-state index in [0.717, 1.165) is 5.75 Å². The molecule has 0 unspecified atom stereocenters. The molecule has 5 nitrogen and oxygen atoms in total. The molecule has 1 amide bonds. The molecule has 1 N–H and O–H groups in total. The second-order valence-electron chi connectivity index (χ2n) is 5.89. The number of carbonyl (C=O) groups excluding carboxylic acids is 1. The second-order valence-corrected chi connectivity index (χ2v) is 8.97. The molecule has 0 radical (unpaired) electrons. The van der Waals surface area contributed by atoms with Crippen molar-refractivity contribution in [3.8, 4) is 0 Å². The molecule has 0 aliphatic carbocycles. The fraction of sp³-hybridized carbons (Fsp3) is 0.316. The number of thioether (sulfide) groups is 1. The second kappa shape index (κ2) is 9.09. The van der Waals surface area contributed by atoms with E-state index >= 15 is 0 Å². The van der Waals surface area contributed by atoms with E-state index in [2.05, 4.69) is 36.5 Å². The van der Waals surface area contributed by atoms with Crippen molar-refractivity contribution in [2.75, 3.05) is 29.4 Å². The SMILES string of the molecule is CCN(c1ccc(C(=O)NCCSc2ccc(C)cc2)cc1)S(C)(=O)=O. The number of hydrogen-bond donors (Lipinski definition) is 1. The minimum absolute atomic E-state index is 0.163. The lowest BCUT2D eigenvalue weighted by Gasteiger charge is -2.20. The van der Waals surface area contributed by atoms with Gasteiger partial charge in [-0.3, -0.25) is 9.10 Å². The summed E-state index contributed by atoms with van der Waals surface area (Å²) in [4.78, 5) is 13.4. The summed E-state index contributed by atoms with van der Waals surface area (Å²) < 4.78 is 24.8. The molecular formula is C19H24N2O3S2. The molecule has 7 heteroatoms. The zero-order chi connectivity index (χ0) is 19.2. The fourth-order valence-corrected chi connectivity index (χ4v) is 4.20. The lowest BCUT2D eigenvalue weighted by Crippen LogP contribution is -2.29. The van der Waals surface area contributed by atoms with Gasteiger partial charge in [0.1, 0.15) is 0 Å². The van der Waals surface area contributed by atoms with E-state index in [9.17, 15) is 13.2 Å². The summed E-state index contributed by atoms with van der Waals surface area (Å²) in [6.45, 7) is 4.73. The molecule has 2 aromatic carbocycles. The van der Waals surface area contributed by atoms with E-state index in [0.29, 0.717) is 24.3 Å². The molecule has 140 valence electrons. The summed E-state index contributed by atoms with van der Waals surface area (Å²) in [6.07, 6.45) is 1.17. The van der Waals surface area contributed by atoms with Crippen LogP contribution in [0.4, 0.5) is 5.69 Å². The van der Waals surface area contributed by atoms with Gasteiger partial charge in [0.2, 0.25) is 10.0 Å². The minimum atomic E-state index is -3.32. The Bertz CT molecular complexity index is 832. The first-order valence-electron chi connectivity index (χ1n) is 8.36. The summed E-state index contributed by atoms with van der Waals surface area (Å²) in [5, 5.41) is 2.88. The third-order valence-electron chi connectivity index (χ3n) is 3.78. The Balaban J connectivity index is 1.86. The highest BCUT2D eigenvalue weighted by Crippen LogP contribution is 2.19. The zero-order valence-electron chi connectivity index (χ0n) is 15.2. The number of aryl methyl sites for hydroxylation is 1. The first kappa shape index (κ1) is 20.3. The predicted molar refractivity (Wildman–Crippen MR) is 109 cm³/mol. The number of anilines is 1. The van der Waals surface area contributed by atoms with Crippen molar-refractivity contribution in [2.24, 2.45) is 0 Å². The van der Waals surface area contributed by atoms with Gasteiger partial charge in [0.05, 0.1) is 11.9 Å². The van der Waals surface area contributed by atoms with Gasteiger partial charge < -0.3 is 5.32 Å². The molecule has 0 fully saturated rings. The van der Waals surface area contributed by atoms with Gasteiger partial charge in [-0.05, 0) is 50.2 Å². The number of sulfonamides is 1. The van der Waals surface area contributed by atoms with Gasteiger partial charge in [-0.1, -0.05) is 17.7 Å². The average molecular weight is 393 g/mol. The average Bonchev–Trinajstić information content (AvgIpc) is 2.60. The van der Waals surface area contributed by atoms with Crippen LogP contribution >= 0.6 is 11.8 Å². The topological polar surface area (TPSA) is 66.5 Å². The van der Waals surface area contributed by atoms with Crippen LogP contribution in [-0.4, -0.2) is 39.4 Å². The van der Waals surface area contributed by atoms with Crippen molar-refractivity contribution in [3.63, 3.8) is 0 Å². The number of nitrogens with one attached hydrogen (secondary N) is 1. The number of rotatable bonds is 8. The molecule has 2 aromatic rings. The summed E-state index contributed by atoms with van der Waals surface area (Å²) in [6, 6.07) is 14.9. The Morgan fingerprint density at radius 1 is 1.08 bits per heavy atom. The smallest absolute Gasteiger partial charge is 0.251 e. The van der Waals surface area contributed by atoms with E-state index < -0.39 is 10.0 Å².